The highest BCUT2D eigenvalue weighted by molar-refractivity contribution is 7.17. The second-order valence-corrected chi connectivity index (χ2v) is 6.39. The highest BCUT2D eigenvalue weighted by Gasteiger charge is 2.20. The lowest BCUT2D eigenvalue weighted by Crippen LogP contribution is -2.14. The van der Waals surface area contributed by atoms with Crippen LogP contribution < -0.4 is 0 Å². The first-order valence-corrected chi connectivity index (χ1v) is 8.28. The molecular weight excluding hydrogens is 332 g/mol. The third kappa shape index (κ3) is 3.70. The number of nitrogens with zero attached hydrogens (tertiary/aromatic N) is 2. The SMILES string of the molecule is CCCn1c(C)cc(C(=O)COC(=O)c2ccc([N+](=O)[O-])s2)c1C. The number of ketones is 1. The molecule has 0 saturated heterocycles. The molecule has 7 nitrogen and oxygen atoms in total. The molecule has 128 valence electrons. The fraction of sp³-hybridized carbons (Fsp3) is 0.375. The van der Waals surface area contributed by atoms with Gasteiger partial charge in [0.15, 0.2) is 6.61 Å². The number of nitro groups is 1. The van der Waals surface area contributed by atoms with Crippen LogP contribution in [0.3, 0.4) is 0 Å². The standard InChI is InChI=1S/C16H18N2O5S/c1-4-7-17-10(2)8-12(11(17)3)13(19)9-23-16(20)14-5-6-15(24-14)18(21)22/h5-6,8H,4,7,9H2,1-3H3. The van der Waals surface area contributed by atoms with Crippen molar-refractivity contribution in [3.8, 4) is 0 Å². The van der Waals surface area contributed by atoms with Gasteiger partial charge < -0.3 is 9.30 Å². The van der Waals surface area contributed by atoms with E-state index in [0.717, 1.165) is 35.7 Å². The Labute approximate surface area is 143 Å². The predicted molar refractivity (Wildman–Crippen MR) is 89.8 cm³/mol. The summed E-state index contributed by atoms with van der Waals surface area (Å²) in [5.74, 6) is -1.02. The van der Waals surface area contributed by atoms with Gasteiger partial charge in [-0.25, -0.2) is 4.79 Å². The van der Waals surface area contributed by atoms with Crippen LogP contribution in [0, 0.1) is 24.0 Å². The van der Waals surface area contributed by atoms with Gasteiger partial charge in [0.1, 0.15) is 4.88 Å². The molecule has 0 radical (unpaired) electrons. The van der Waals surface area contributed by atoms with Gasteiger partial charge in [-0.05, 0) is 32.4 Å². The number of Topliss-reactive ketones (excluding diaryl/α,β-unsaturated/α-hetero) is 1. The summed E-state index contributed by atoms with van der Waals surface area (Å²) in [6.07, 6.45) is 0.954. The van der Waals surface area contributed by atoms with Crippen LogP contribution in [0.25, 0.3) is 0 Å². The summed E-state index contributed by atoms with van der Waals surface area (Å²) in [6.45, 7) is 6.28. The first kappa shape index (κ1) is 17.9. The topological polar surface area (TPSA) is 91.4 Å². The fourth-order valence-electron chi connectivity index (χ4n) is 2.47. The molecule has 0 aliphatic carbocycles. The molecule has 0 spiro atoms. The molecule has 0 N–H and O–H groups in total. The van der Waals surface area contributed by atoms with Gasteiger partial charge in [0.25, 0.3) is 0 Å². The maximum absolute atomic E-state index is 12.3. The van der Waals surface area contributed by atoms with Crippen LogP contribution in [0.1, 0.15) is 44.8 Å². The first-order valence-electron chi connectivity index (χ1n) is 7.46. The molecule has 0 bridgehead atoms. The van der Waals surface area contributed by atoms with Crippen molar-refractivity contribution < 1.29 is 19.2 Å². The van der Waals surface area contributed by atoms with Crippen LogP contribution in [0.2, 0.25) is 0 Å². The number of thiophene rings is 1. The van der Waals surface area contributed by atoms with Gasteiger partial charge >= 0.3 is 11.0 Å². The Morgan fingerprint density at radius 3 is 2.62 bits per heavy atom. The molecule has 0 fully saturated rings. The molecule has 0 unspecified atom stereocenters. The molecule has 24 heavy (non-hydrogen) atoms. The third-order valence-corrected chi connectivity index (χ3v) is 4.65. The van der Waals surface area contributed by atoms with E-state index in [-0.39, 0.29) is 22.3 Å². The zero-order valence-corrected chi connectivity index (χ0v) is 14.5. The summed E-state index contributed by atoms with van der Waals surface area (Å²) in [7, 11) is 0. The molecule has 2 aromatic rings. The van der Waals surface area contributed by atoms with Crippen LogP contribution >= 0.6 is 11.3 Å². The number of ether oxygens (including phenoxy) is 1. The summed E-state index contributed by atoms with van der Waals surface area (Å²) in [6, 6.07) is 4.35. The average Bonchev–Trinajstić information content (AvgIpc) is 3.13. The maximum Gasteiger partial charge on any atom is 0.349 e. The number of carbonyl (C=O) groups is 2. The Bertz CT molecular complexity index is 790. The molecule has 0 amide bonds. The number of hydrogen-bond acceptors (Lipinski definition) is 6. The van der Waals surface area contributed by atoms with Crippen LogP contribution in [0.5, 0.6) is 0 Å². The Kier molecular flexibility index (Phi) is 5.50. The fourth-order valence-corrected chi connectivity index (χ4v) is 3.18. The van der Waals surface area contributed by atoms with Gasteiger partial charge in [-0.15, -0.1) is 0 Å². The van der Waals surface area contributed by atoms with E-state index in [2.05, 4.69) is 11.5 Å². The molecule has 0 aliphatic rings. The van der Waals surface area contributed by atoms with Crippen LogP contribution in [-0.4, -0.2) is 27.8 Å². The maximum atomic E-state index is 12.3. The summed E-state index contributed by atoms with van der Waals surface area (Å²) < 4.78 is 7.04. The van der Waals surface area contributed by atoms with Gasteiger partial charge in [0, 0.05) is 29.6 Å². The Morgan fingerprint density at radius 1 is 1.33 bits per heavy atom. The van der Waals surface area contributed by atoms with E-state index in [1.807, 2.05) is 13.8 Å². The monoisotopic (exact) mass is 350 g/mol. The van der Waals surface area contributed by atoms with E-state index < -0.39 is 10.9 Å². The number of hydrogen-bond donors (Lipinski definition) is 0. The van der Waals surface area contributed by atoms with Crippen molar-refractivity contribution in [1.29, 1.82) is 0 Å². The lowest BCUT2D eigenvalue weighted by atomic mass is 10.1. The Hall–Kier alpha value is -2.48. The van der Waals surface area contributed by atoms with Gasteiger partial charge in [-0.3, -0.25) is 14.9 Å². The molecule has 2 aromatic heterocycles. The van der Waals surface area contributed by atoms with Crippen LogP contribution in [0.4, 0.5) is 5.00 Å². The van der Waals surface area contributed by atoms with Crippen LogP contribution in [-0.2, 0) is 11.3 Å². The molecule has 0 aromatic carbocycles. The zero-order valence-electron chi connectivity index (χ0n) is 13.7. The predicted octanol–water partition coefficient (Wildman–Crippen LogP) is 3.52. The van der Waals surface area contributed by atoms with E-state index in [1.165, 1.54) is 12.1 Å². The van der Waals surface area contributed by atoms with E-state index in [1.54, 1.807) is 6.07 Å². The second-order valence-electron chi connectivity index (χ2n) is 5.33. The molecular formula is C16H18N2O5S. The van der Waals surface area contributed by atoms with Crippen molar-refractivity contribution in [2.75, 3.05) is 6.61 Å². The van der Waals surface area contributed by atoms with E-state index in [4.69, 9.17) is 4.74 Å². The van der Waals surface area contributed by atoms with E-state index in [0.29, 0.717) is 5.56 Å². The highest BCUT2D eigenvalue weighted by atomic mass is 32.1. The van der Waals surface area contributed by atoms with Gasteiger partial charge in [-0.1, -0.05) is 18.3 Å². The first-order chi connectivity index (χ1) is 11.3. The average molecular weight is 350 g/mol. The summed E-state index contributed by atoms with van der Waals surface area (Å²) in [4.78, 5) is 34.3. The second kappa shape index (κ2) is 7.39. The largest absolute Gasteiger partial charge is 0.453 e. The van der Waals surface area contributed by atoms with Crippen LogP contribution in [0.15, 0.2) is 18.2 Å². The summed E-state index contributed by atoms with van der Waals surface area (Å²) in [5, 5.41) is 10.5. The summed E-state index contributed by atoms with van der Waals surface area (Å²) in [5.41, 5.74) is 2.37. The van der Waals surface area contributed by atoms with Crippen molar-refractivity contribution in [3.63, 3.8) is 0 Å². The molecule has 2 rings (SSSR count). The minimum Gasteiger partial charge on any atom is -0.453 e. The van der Waals surface area contributed by atoms with Crippen molar-refractivity contribution in [2.24, 2.45) is 0 Å². The number of aromatic nitrogens is 1. The minimum atomic E-state index is -0.733. The number of carbonyl (C=O) groups excluding carboxylic acids is 2. The van der Waals surface area contributed by atoms with Crippen molar-refractivity contribution in [1.82, 2.24) is 4.57 Å². The van der Waals surface area contributed by atoms with Gasteiger partial charge in [0.05, 0.1) is 4.92 Å². The highest BCUT2D eigenvalue weighted by Crippen LogP contribution is 2.24. The molecule has 2 heterocycles. The van der Waals surface area contributed by atoms with Crippen molar-refractivity contribution >= 4 is 28.1 Å². The van der Waals surface area contributed by atoms with E-state index >= 15 is 0 Å². The smallest absolute Gasteiger partial charge is 0.349 e. The number of aryl methyl sites for hydroxylation is 1. The lowest BCUT2D eigenvalue weighted by molar-refractivity contribution is -0.380. The lowest BCUT2D eigenvalue weighted by Gasteiger charge is -2.07. The van der Waals surface area contributed by atoms with Crippen molar-refractivity contribution in [2.45, 2.75) is 33.7 Å². The summed E-state index contributed by atoms with van der Waals surface area (Å²) >= 11 is 0.724. The molecule has 0 saturated carbocycles. The molecule has 0 aliphatic heterocycles. The minimum absolute atomic E-state index is 0.103. The molecule has 8 heteroatoms. The quantitative estimate of drug-likeness (QED) is 0.330. The normalized spacial score (nSPS) is 10.6. The third-order valence-electron chi connectivity index (χ3n) is 3.63. The van der Waals surface area contributed by atoms with Gasteiger partial charge in [-0.2, -0.15) is 0 Å². The zero-order chi connectivity index (χ0) is 17.9. The Morgan fingerprint density at radius 2 is 2.04 bits per heavy atom. The number of rotatable bonds is 7. The number of esters is 1. The van der Waals surface area contributed by atoms with Crippen molar-refractivity contribution in [3.05, 3.63) is 50.1 Å². The Balaban J connectivity index is 2.03. The van der Waals surface area contributed by atoms with Gasteiger partial charge in [0.2, 0.25) is 5.78 Å². The van der Waals surface area contributed by atoms with E-state index in [9.17, 15) is 19.7 Å². The molecule has 0 atom stereocenters.